The number of esters is 2. The number of alkyl halides is 1. The highest BCUT2D eigenvalue weighted by atomic mass is 35.5. The number of halogens is 1. The van der Waals surface area contributed by atoms with Crippen LogP contribution in [0, 0.1) is 0 Å². The predicted molar refractivity (Wildman–Crippen MR) is 63.9 cm³/mol. The topological polar surface area (TPSA) is 72.9 Å². The average Bonchev–Trinajstić information content (AvgIpc) is 2.58. The van der Waals surface area contributed by atoms with Crippen molar-refractivity contribution in [3.8, 4) is 0 Å². The molecule has 0 spiro atoms. The molecular formula is C10H12ClNO5S. The molecule has 8 heteroatoms. The zero-order chi connectivity index (χ0) is 13.5. The summed E-state index contributed by atoms with van der Waals surface area (Å²) >= 11 is 6.60. The third-order valence-corrected chi connectivity index (χ3v) is 4.79. The zero-order valence-electron chi connectivity index (χ0n) is 9.84. The van der Waals surface area contributed by atoms with Crippen LogP contribution in [0.15, 0.2) is 0 Å². The van der Waals surface area contributed by atoms with E-state index in [0.717, 1.165) is 0 Å². The molecule has 0 N–H and O–H groups in total. The molecule has 0 bridgehead atoms. The van der Waals surface area contributed by atoms with Crippen LogP contribution < -0.4 is 0 Å². The minimum absolute atomic E-state index is 0.170. The molecule has 2 heterocycles. The summed E-state index contributed by atoms with van der Waals surface area (Å²) in [5.41, 5.74) is 0. The normalized spacial score (nSPS) is 33.7. The molecule has 6 nitrogen and oxygen atoms in total. The van der Waals surface area contributed by atoms with Crippen molar-refractivity contribution >= 4 is 41.2 Å². The second-order valence-corrected chi connectivity index (χ2v) is 6.00. The number of nitrogens with zero attached hydrogens (tertiary/aromatic N) is 1. The Hall–Kier alpha value is -0.950. The zero-order valence-corrected chi connectivity index (χ0v) is 11.4. The Bertz CT molecular complexity index is 417. The molecule has 0 radical (unpaired) electrons. The fourth-order valence-corrected chi connectivity index (χ4v) is 4.03. The van der Waals surface area contributed by atoms with Gasteiger partial charge in [0.05, 0.1) is 18.9 Å². The van der Waals surface area contributed by atoms with Crippen molar-refractivity contribution in [2.75, 3.05) is 13.2 Å². The van der Waals surface area contributed by atoms with Crippen LogP contribution in [0.3, 0.4) is 0 Å². The molecule has 0 aliphatic carbocycles. The lowest BCUT2D eigenvalue weighted by molar-refractivity contribution is -0.164. The minimum atomic E-state index is -1.14. The van der Waals surface area contributed by atoms with Gasteiger partial charge in [0.15, 0.2) is 12.1 Å². The van der Waals surface area contributed by atoms with Crippen LogP contribution in [-0.4, -0.2) is 52.1 Å². The first-order valence-corrected chi connectivity index (χ1v) is 6.67. The summed E-state index contributed by atoms with van der Waals surface area (Å²) in [5, 5.41) is -0.172. The van der Waals surface area contributed by atoms with Gasteiger partial charge in [-0.05, 0) is 6.92 Å². The lowest BCUT2D eigenvalue weighted by Gasteiger charge is -2.37. The highest BCUT2D eigenvalue weighted by molar-refractivity contribution is 8.02. The van der Waals surface area contributed by atoms with E-state index in [1.54, 1.807) is 6.92 Å². The smallest absolute Gasteiger partial charge is 0.332 e. The molecular weight excluding hydrogens is 282 g/mol. The van der Waals surface area contributed by atoms with Gasteiger partial charge in [0, 0.05) is 0 Å². The number of β-lactam (4-membered cyclic amide) rings is 1. The Labute approximate surface area is 113 Å². The van der Waals surface area contributed by atoms with Gasteiger partial charge < -0.3 is 14.4 Å². The Morgan fingerprint density at radius 1 is 1.61 bits per heavy atom. The van der Waals surface area contributed by atoms with Gasteiger partial charge in [-0.1, -0.05) is 11.6 Å². The van der Waals surface area contributed by atoms with Gasteiger partial charge in [0.1, 0.15) is 4.75 Å². The standard InChI is InChI=1S/C10H12ClNO5S/c1-10(9(15)16-2)7(8(14)17-4-11)12-5(13)3-6(12)18-10/h6-7H,3-4H2,1-2H3/t6-,7+,10-/m1/s1. The molecule has 2 fully saturated rings. The second-order valence-electron chi connectivity index (χ2n) is 4.15. The molecule has 2 rings (SSSR count). The molecule has 3 atom stereocenters. The number of fused-ring (bicyclic) bond motifs is 1. The van der Waals surface area contributed by atoms with Crippen molar-refractivity contribution in [2.24, 2.45) is 0 Å². The number of amides is 1. The predicted octanol–water partition coefficient (Wildman–Crippen LogP) is 0.331. The van der Waals surface area contributed by atoms with Crippen molar-refractivity contribution in [1.82, 2.24) is 4.90 Å². The third-order valence-electron chi connectivity index (χ3n) is 3.14. The van der Waals surface area contributed by atoms with Crippen molar-refractivity contribution < 1.29 is 23.9 Å². The van der Waals surface area contributed by atoms with Crippen LogP contribution in [0.25, 0.3) is 0 Å². The van der Waals surface area contributed by atoms with E-state index in [-0.39, 0.29) is 17.3 Å². The lowest BCUT2D eigenvalue weighted by atomic mass is 9.96. The Kier molecular flexibility index (Phi) is 3.46. The molecule has 0 aromatic carbocycles. The van der Waals surface area contributed by atoms with Crippen molar-refractivity contribution in [3.05, 3.63) is 0 Å². The molecule has 0 saturated carbocycles. The van der Waals surface area contributed by atoms with Crippen LogP contribution in [0.2, 0.25) is 0 Å². The number of ether oxygens (including phenoxy) is 2. The Morgan fingerprint density at radius 3 is 2.78 bits per heavy atom. The van der Waals surface area contributed by atoms with Gasteiger partial charge in [0.2, 0.25) is 5.91 Å². The quantitative estimate of drug-likeness (QED) is 0.424. The summed E-state index contributed by atoms with van der Waals surface area (Å²) in [6.07, 6.45) is 0.321. The maximum Gasteiger partial charge on any atom is 0.332 e. The molecule has 0 unspecified atom stereocenters. The Balaban J connectivity index is 2.31. The van der Waals surface area contributed by atoms with E-state index in [1.165, 1.54) is 23.8 Å². The van der Waals surface area contributed by atoms with Crippen LogP contribution in [-0.2, 0) is 23.9 Å². The van der Waals surface area contributed by atoms with Crippen molar-refractivity contribution in [3.63, 3.8) is 0 Å². The summed E-state index contributed by atoms with van der Waals surface area (Å²) in [5.74, 6) is -1.40. The van der Waals surface area contributed by atoms with Gasteiger partial charge >= 0.3 is 11.9 Å². The molecule has 0 aromatic rings. The molecule has 0 aromatic heterocycles. The number of carbonyl (C=O) groups is 3. The average molecular weight is 294 g/mol. The molecule has 100 valence electrons. The van der Waals surface area contributed by atoms with E-state index < -0.39 is 22.7 Å². The van der Waals surface area contributed by atoms with E-state index in [4.69, 9.17) is 21.1 Å². The second kappa shape index (κ2) is 4.62. The molecule has 2 aliphatic heterocycles. The highest BCUT2D eigenvalue weighted by Crippen LogP contribution is 2.51. The van der Waals surface area contributed by atoms with Crippen LogP contribution in [0.4, 0.5) is 0 Å². The van der Waals surface area contributed by atoms with E-state index in [0.29, 0.717) is 6.42 Å². The molecule has 2 saturated heterocycles. The van der Waals surface area contributed by atoms with E-state index in [2.05, 4.69) is 0 Å². The van der Waals surface area contributed by atoms with E-state index in [9.17, 15) is 14.4 Å². The molecule has 2 aliphatic rings. The molecule has 18 heavy (non-hydrogen) atoms. The number of hydrogen-bond acceptors (Lipinski definition) is 6. The number of methoxy groups -OCH3 is 1. The Morgan fingerprint density at radius 2 is 2.28 bits per heavy atom. The fraction of sp³-hybridized carbons (Fsp3) is 0.700. The first kappa shape index (κ1) is 13.5. The number of rotatable bonds is 3. The van der Waals surface area contributed by atoms with Gasteiger partial charge in [0.25, 0.3) is 0 Å². The van der Waals surface area contributed by atoms with Gasteiger partial charge in [-0.15, -0.1) is 11.8 Å². The maximum atomic E-state index is 11.9. The van der Waals surface area contributed by atoms with Crippen molar-refractivity contribution in [1.29, 1.82) is 0 Å². The van der Waals surface area contributed by atoms with Gasteiger partial charge in [-0.2, -0.15) is 0 Å². The summed E-state index contributed by atoms with van der Waals surface area (Å²) in [4.78, 5) is 36.7. The van der Waals surface area contributed by atoms with Crippen molar-refractivity contribution in [2.45, 2.75) is 29.5 Å². The summed E-state index contributed by atoms with van der Waals surface area (Å²) in [6.45, 7) is 1.58. The number of carbonyl (C=O) groups excluding carboxylic acids is 3. The van der Waals surface area contributed by atoms with E-state index >= 15 is 0 Å². The third kappa shape index (κ3) is 1.76. The fourth-order valence-electron chi connectivity index (χ4n) is 2.26. The maximum absolute atomic E-state index is 11.9. The summed E-state index contributed by atoms with van der Waals surface area (Å²) in [7, 11) is 1.25. The van der Waals surface area contributed by atoms with Crippen LogP contribution in [0.5, 0.6) is 0 Å². The summed E-state index contributed by atoms with van der Waals surface area (Å²) in [6, 6.07) is -1.29. The van der Waals surface area contributed by atoms with Crippen LogP contribution >= 0.6 is 23.4 Å². The van der Waals surface area contributed by atoms with Gasteiger partial charge in [-0.3, -0.25) is 9.59 Å². The van der Waals surface area contributed by atoms with Crippen LogP contribution in [0.1, 0.15) is 13.3 Å². The minimum Gasteiger partial charge on any atom is -0.468 e. The molecule has 1 amide bonds. The number of hydrogen-bond donors (Lipinski definition) is 0. The monoisotopic (exact) mass is 293 g/mol. The first-order valence-electron chi connectivity index (χ1n) is 5.25. The SMILES string of the molecule is COC(=O)[C@]1(C)S[C@@H]2CC(=O)N2[C@H]1C(=O)OCCl. The largest absolute Gasteiger partial charge is 0.468 e. The first-order chi connectivity index (χ1) is 8.45. The van der Waals surface area contributed by atoms with Gasteiger partial charge in [-0.25, -0.2) is 4.79 Å². The highest BCUT2D eigenvalue weighted by Gasteiger charge is 2.64. The summed E-state index contributed by atoms with van der Waals surface area (Å²) < 4.78 is 8.30. The number of thioether (sulfide) groups is 1. The lowest BCUT2D eigenvalue weighted by Crippen LogP contribution is -2.59. The van der Waals surface area contributed by atoms with E-state index in [1.807, 2.05) is 0 Å².